The third-order valence-corrected chi connectivity index (χ3v) is 2.85. The average Bonchev–Trinajstić information content (AvgIpc) is 2.52. The smallest absolute Gasteiger partial charge is 0.183 e. The number of ether oxygens (including phenoxy) is 1. The zero-order chi connectivity index (χ0) is 15.1. The molecule has 2 rings (SSSR count). The van der Waals surface area contributed by atoms with E-state index in [2.05, 4.69) is 5.32 Å². The van der Waals surface area contributed by atoms with Crippen molar-refractivity contribution >= 4 is 5.69 Å². The fraction of sp³-hybridized carbons (Fsp3) is 0.188. The van der Waals surface area contributed by atoms with Crippen molar-refractivity contribution in [3.8, 4) is 11.8 Å². The van der Waals surface area contributed by atoms with Crippen molar-refractivity contribution in [1.82, 2.24) is 0 Å². The zero-order valence-corrected chi connectivity index (χ0v) is 11.3. The lowest BCUT2D eigenvalue weighted by molar-refractivity contribution is 0.315. The average molecular weight is 288 g/mol. The summed E-state index contributed by atoms with van der Waals surface area (Å²) in [5.74, 6) is -1.38. The van der Waals surface area contributed by atoms with Gasteiger partial charge in [0.15, 0.2) is 11.6 Å². The Morgan fingerprint density at radius 3 is 2.52 bits per heavy atom. The largest absolute Gasteiger partial charge is 0.494 e. The molecule has 0 saturated carbocycles. The SMILES string of the molecule is N#Cc1ccc(NCCCOc2ccccc2)c(F)c1F. The molecule has 108 valence electrons. The Balaban J connectivity index is 1.79. The van der Waals surface area contributed by atoms with Crippen molar-refractivity contribution < 1.29 is 13.5 Å². The van der Waals surface area contributed by atoms with Crippen LogP contribution in [0.1, 0.15) is 12.0 Å². The Kier molecular flexibility index (Phi) is 5.10. The first-order valence-corrected chi connectivity index (χ1v) is 6.52. The molecule has 0 unspecified atom stereocenters. The van der Waals surface area contributed by atoms with Gasteiger partial charge in [0.2, 0.25) is 0 Å². The first kappa shape index (κ1) is 14.8. The summed E-state index contributed by atoms with van der Waals surface area (Å²) in [7, 11) is 0. The van der Waals surface area contributed by atoms with Gasteiger partial charge in [0.25, 0.3) is 0 Å². The van der Waals surface area contributed by atoms with Crippen molar-refractivity contribution in [3.63, 3.8) is 0 Å². The van der Waals surface area contributed by atoms with Crippen LogP contribution in [-0.2, 0) is 0 Å². The summed E-state index contributed by atoms with van der Waals surface area (Å²) >= 11 is 0. The number of halogens is 2. The molecule has 0 saturated heterocycles. The molecule has 0 bridgehead atoms. The Morgan fingerprint density at radius 2 is 1.81 bits per heavy atom. The minimum absolute atomic E-state index is 0.0474. The van der Waals surface area contributed by atoms with E-state index in [4.69, 9.17) is 10.00 Å². The first-order chi connectivity index (χ1) is 10.2. The Morgan fingerprint density at radius 1 is 1.05 bits per heavy atom. The maximum atomic E-state index is 13.6. The monoisotopic (exact) mass is 288 g/mol. The minimum atomic E-state index is -1.12. The van der Waals surface area contributed by atoms with Crippen LogP contribution in [-0.4, -0.2) is 13.2 Å². The molecule has 0 atom stereocenters. The molecule has 0 amide bonds. The lowest BCUT2D eigenvalue weighted by Crippen LogP contribution is -2.09. The maximum Gasteiger partial charge on any atom is 0.183 e. The number of rotatable bonds is 6. The molecular formula is C16H14F2N2O. The van der Waals surface area contributed by atoms with Gasteiger partial charge < -0.3 is 10.1 Å². The van der Waals surface area contributed by atoms with Gasteiger partial charge in [0, 0.05) is 6.54 Å². The van der Waals surface area contributed by atoms with E-state index >= 15 is 0 Å². The molecular weight excluding hydrogens is 274 g/mol. The Labute approximate surface area is 121 Å². The molecule has 0 radical (unpaired) electrons. The van der Waals surface area contributed by atoms with E-state index in [1.807, 2.05) is 30.3 Å². The van der Waals surface area contributed by atoms with Crippen molar-refractivity contribution in [2.24, 2.45) is 0 Å². The number of nitrogens with one attached hydrogen (secondary N) is 1. The van der Waals surface area contributed by atoms with Gasteiger partial charge in [-0.3, -0.25) is 0 Å². The highest BCUT2D eigenvalue weighted by molar-refractivity contribution is 5.49. The van der Waals surface area contributed by atoms with Gasteiger partial charge >= 0.3 is 0 Å². The molecule has 0 aliphatic carbocycles. The van der Waals surface area contributed by atoms with E-state index in [1.165, 1.54) is 12.1 Å². The normalized spacial score (nSPS) is 9.95. The highest BCUT2D eigenvalue weighted by Crippen LogP contribution is 2.20. The molecule has 21 heavy (non-hydrogen) atoms. The second-order valence-corrected chi connectivity index (χ2v) is 4.34. The fourth-order valence-electron chi connectivity index (χ4n) is 1.77. The van der Waals surface area contributed by atoms with E-state index in [0.717, 1.165) is 5.75 Å². The summed E-state index contributed by atoms with van der Waals surface area (Å²) < 4.78 is 32.5. The standard InChI is InChI=1S/C16H14F2N2O/c17-15-12(11-19)7-8-14(16(15)18)20-9-4-10-21-13-5-2-1-3-6-13/h1-3,5-8,20H,4,9-10H2. The summed E-state index contributed by atoms with van der Waals surface area (Å²) in [4.78, 5) is 0. The molecule has 0 aliphatic rings. The van der Waals surface area contributed by atoms with Crippen molar-refractivity contribution in [1.29, 1.82) is 5.26 Å². The predicted molar refractivity (Wildman–Crippen MR) is 76.1 cm³/mol. The fourth-order valence-corrected chi connectivity index (χ4v) is 1.77. The summed E-state index contributed by atoms with van der Waals surface area (Å²) in [6, 6.07) is 13.6. The lowest BCUT2D eigenvalue weighted by Gasteiger charge is -2.09. The summed E-state index contributed by atoms with van der Waals surface area (Å²) in [5.41, 5.74) is -0.253. The molecule has 0 fully saturated rings. The van der Waals surface area contributed by atoms with E-state index in [9.17, 15) is 8.78 Å². The van der Waals surface area contributed by atoms with Gasteiger partial charge in [0.05, 0.1) is 17.9 Å². The van der Waals surface area contributed by atoms with Gasteiger partial charge in [-0.15, -0.1) is 0 Å². The maximum absolute atomic E-state index is 13.6. The third kappa shape index (κ3) is 3.93. The third-order valence-electron chi connectivity index (χ3n) is 2.85. The number of hydrogen-bond donors (Lipinski definition) is 1. The molecule has 0 spiro atoms. The van der Waals surface area contributed by atoms with Crippen LogP contribution in [0.4, 0.5) is 14.5 Å². The van der Waals surface area contributed by atoms with E-state index < -0.39 is 11.6 Å². The van der Waals surface area contributed by atoms with Crippen LogP contribution in [0.25, 0.3) is 0 Å². The first-order valence-electron chi connectivity index (χ1n) is 6.52. The van der Waals surface area contributed by atoms with E-state index in [0.29, 0.717) is 19.6 Å². The van der Waals surface area contributed by atoms with Crippen molar-refractivity contribution in [3.05, 3.63) is 59.7 Å². The number of nitriles is 1. The highest BCUT2D eigenvalue weighted by Gasteiger charge is 2.12. The van der Waals surface area contributed by atoms with Gasteiger partial charge in [-0.25, -0.2) is 8.78 Å². The zero-order valence-electron chi connectivity index (χ0n) is 11.3. The second kappa shape index (κ2) is 7.25. The minimum Gasteiger partial charge on any atom is -0.494 e. The Hall–Kier alpha value is -2.61. The van der Waals surface area contributed by atoms with Crippen LogP contribution in [0, 0.1) is 23.0 Å². The van der Waals surface area contributed by atoms with Gasteiger partial charge in [-0.05, 0) is 30.7 Å². The van der Waals surface area contributed by atoms with Crippen molar-refractivity contribution in [2.75, 3.05) is 18.5 Å². The number of benzene rings is 2. The van der Waals surface area contributed by atoms with Gasteiger partial charge in [-0.1, -0.05) is 18.2 Å². The Bertz CT molecular complexity index is 639. The van der Waals surface area contributed by atoms with E-state index in [1.54, 1.807) is 6.07 Å². The molecule has 0 aromatic heterocycles. The molecule has 5 heteroatoms. The highest BCUT2D eigenvalue weighted by atomic mass is 19.2. The number of hydrogen-bond acceptors (Lipinski definition) is 3. The summed E-state index contributed by atoms with van der Waals surface area (Å²) in [6.45, 7) is 0.909. The molecule has 2 aromatic rings. The van der Waals surface area contributed by atoms with Crippen LogP contribution < -0.4 is 10.1 Å². The predicted octanol–water partition coefficient (Wildman–Crippen LogP) is 3.72. The number of para-hydroxylation sites is 1. The topological polar surface area (TPSA) is 45.0 Å². The molecule has 2 aromatic carbocycles. The summed E-state index contributed by atoms with van der Waals surface area (Å²) in [5, 5.41) is 11.4. The molecule has 1 N–H and O–H groups in total. The van der Waals surface area contributed by atoms with Crippen LogP contribution in [0.2, 0.25) is 0 Å². The second-order valence-electron chi connectivity index (χ2n) is 4.34. The quantitative estimate of drug-likeness (QED) is 0.824. The van der Waals surface area contributed by atoms with Gasteiger partial charge in [-0.2, -0.15) is 5.26 Å². The van der Waals surface area contributed by atoms with E-state index in [-0.39, 0.29) is 11.3 Å². The van der Waals surface area contributed by atoms with Gasteiger partial charge in [0.1, 0.15) is 11.8 Å². The van der Waals surface area contributed by atoms with Crippen molar-refractivity contribution in [2.45, 2.75) is 6.42 Å². The summed E-state index contributed by atoms with van der Waals surface area (Å²) in [6.07, 6.45) is 0.635. The molecule has 0 heterocycles. The molecule has 3 nitrogen and oxygen atoms in total. The van der Waals surface area contributed by atoms with Crippen LogP contribution in [0.5, 0.6) is 5.75 Å². The van der Waals surface area contributed by atoms with Crippen LogP contribution in [0.15, 0.2) is 42.5 Å². The number of nitrogens with zero attached hydrogens (tertiary/aromatic N) is 1. The lowest BCUT2D eigenvalue weighted by atomic mass is 10.2. The van der Waals surface area contributed by atoms with Crippen LogP contribution in [0.3, 0.4) is 0 Å². The van der Waals surface area contributed by atoms with Crippen LogP contribution >= 0.6 is 0 Å². The molecule has 0 aliphatic heterocycles. The number of anilines is 1.